The van der Waals surface area contributed by atoms with E-state index in [2.05, 4.69) is 0 Å². The summed E-state index contributed by atoms with van der Waals surface area (Å²) in [5.41, 5.74) is 4.62. The number of carbonyl (C=O) groups is 4. The minimum Gasteiger partial charge on any atom is -0.507 e. The van der Waals surface area contributed by atoms with Crippen LogP contribution in [0.3, 0.4) is 0 Å². The molecule has 0 aliphatic rings. The fourth-order valence-electron chi connectivity index (χ4n) is 10.4. The van der Waals surface area contributed by atoms with Gasteiger partial charge in [0.15, 0.2) is 0 Å². The van der Waals surface area contributed by atoms with Crippen LogP contribution in [-0.4, -0.2) is 82.9 Å². The minimum atomic E-state index is -1.58. The van der Waals surface area contributed by atoms with Gasteiger partial charge in [-0.1, -0.05) is 215 Å². The van der Waals surface area contributed by atoms with E-state index in [1.807, 2.05) is 215 Å². The summed E-state index contributed by atoms with van der Waals surface area (Å²) in [5.74, 6) is -1.49. The molecule has 4 rings (SSSR count). The summed E-state index contributed by atoms with van der Waals surface area (Å²) in [6, 6.07) is 15.4. The molecule has 0 unspecified atom stereocenters. The monoisotopic (exact) mass is 1210 g/mol. The number of aryl methyl sites for hydroxylation is 4. The predicted octanol–water partition coefficient (Wildman–Crippen LogP) is 15.5. The highest BCUT2D eigenvalue weighted by Gasteiger charge is 2.39. The van der Waals surface area contributed by atoms with Crippen LogP contribution in [0, 0.1) is 5.41 Å². The van der Waals surface area contributed by atoms with Crippen LogP contribution in [0.2, 0.25) is 0 Å². The number of phenolic OH excluding ortho intramolecular Hbond substituents is 4. The van der Waals surface area contributed by atoms with E-state index < -0.39 is 99.0 Å². The van der Waals surface area contributed by atoms with Crippen molar-refractivity contribution < 1.29 is 63.7 Å². The number of ether oxygens (including phenoxy) is 4. The maximum atomic E-state index is 14.1. The molecule has 0 atom stereocenters. The number of esters is 4. The van der Waals surface area contributed by atoms with E-state index in [4.69, 9.17) is 24.1 Å². The molecular formula is C74H112O13. The normalized spacial score (nSPS) is 12.9. The summed E-state index contributed by atoms with van der Waals surface area (Å²) in [7, 11) is 1.00. The number of aliphatic hydroxyl groups is 1. The molecular weight excluding hydrogens is 1100 g/mol. The lowest BCUT2D eigenvalue weighted by Gasteiger charge is -2.32. The molecule has 0 amide bonds. The third-order valence-electron chi connectivity index (χ3n) is 15.8. The van der Waals surface area contributed by atoms with Gasteiger partial charge in [-0.15, -0.1) is 0 Å². The first-order valence-corrected chi connectivity index (χ1v) is 31.0. The third kappa shape index (κ3) is 21.6. The molecule has 0 bridgehead atoms. The standard InChI is InChI=1S/C73H108O12.CH4O/c1-65(2,3)49-33-45(34-50(61(49)78)66(4,5)6)25-29-57(74)82-41-73(42-83-58(75)30-26-46-35-51(67(7,8)9)62(79)52(36-46)68(10,11)12,43-84-59(76)31-27-47-37-53(69(13,14)15)63(80)54(38-47)70(16,17)18)44-85-60(77)32-28-48-39-55(71(19,20)21)64(81)56(40-48)72(22,23)24;1-2/h33-40,78-81H,25-32,41-44H2,1-24H3;2H,1H3. The molecule has 13 nitrogen and oxygen atoms in total. The molecule has 0 saturated carbocycles. The molecule has 0 heterocycles. The van der Waals surface area contributed by atoms with Gasteiger partial charge >= 0.3 is 23.9 Å². The zero-order valence-corrected chi connectivity index (χ0v) is 58.1. The number of aliphatic hydroxyl groups excluding tert-OH is 1. The van der Waals surface area contributed by atoms with Crippen LogP contribution in [0.15, 0.2) is 48.5 Å². The third-order valence-corrected chi connectivity index (χ3v) is 15.8. The van der Waals surface area contributed by atoms with Crippen LogP contribution in [0.4, 0.5) is 0 Å². The van der Waals surface area contributed by atoms with Crippen LogP contribution >= 0.6 is 0 Å². The van der Waals surface area contributed by atoms with E-state index in [1.54, 1.807) is 0 Å². The van der Waals surface area contributed by atoms with Gasteiger partial charge < -0.3 is 44.5 Å². The number of hydrogen-bond acceptors (Lipinski definition) is 13. The Kier molecular flexibility index (Phi) is 24.7. The van der Waals surface area contributed by atoms with Crippen molar-refractivity contribution in [3.05, 3.63) is 115 Å². The zero-order valence-electron chi connectivity index (χ0n) is 58.1. The highest BCUT2D eigenvalue weighted by atomic mass is 16.6. The molecule has 0 saturated heterocycles. The molecule has 13 heteroatoms. The topological polar surface area (TPSA) is 206 Å². The molecule has 4 aromatic carbocycles. The average Bonchev–Trinajstić information content (AvgIpc) is 1.12. The van der Waals surface area contributed by atoms with Gasteiger partial charge in [0.05, 0.1) is 0 Å². The van der Waals surface area contributed by atoms with Crippen molar-refractivity contribution in [2.75, 3.05) is 33.5 Å². The Balaban J connectivity index is 0.00000979. The van der Waals surface area contributed by atoms with Gasteiger partial charge in [0.2, 0.25) is 0 Å². The molecule has 0 spiro atoms. The van der Waals surface area contributed by atoms with Crippen molar-refractivity contribution in [3.8, 4) is 23.0 Å². The summed E-state index contributed by atoms with van der Waals surface area (Å²) in [5, 5.41) is 52.7. The second-order valence-electron chi connectivity index (χ2n) is 32.3. The van der Waals surface area contributed by atoms with Gasteiger partial charge in [-0.2, -0.15) is 0 Å². The van der Waals surface area contributed by atoms with Crippen LogP contribution in [0.5, 0.6) is 23.0 Å². The van der Waals surface area contributed by atoms with Crippen LogP contribution in [-0.2, 0) is 107 Å². The van der Waals surface area contributed by atoms with E-state index in [0.29, 0.717) is 0 Å². The average molecular weight is 1210 g/mol. The summed E-state index contributed by atoms with van der Waals surface area (Å²) < 4.78 is 24.4. The molecule has 0 radical (unpaired) electrons. The fourth-order valence-corrected chi connectivity index (χ4v) is 10.4. The lowest BCUT2D eigenvalue weighted by Crippen LogP contribution is -2.44. The Morgan fingerprint density at radius 2 is 0.402 bits per heavy atom. The Morgan fingerprint density at radius 1 is 0.276 bits per heavy atom. The smallest absolute Gasteiger partial charge is 0.306 e. The summed E-state index contributed by atoms with van der Waals surface area (Å²) in [6.45, 7) is 46.7. The van der Waals surface area contributed by atoms with Crippen LogP contribution in [0.25, 0.3) is 0 Å². The first kappa shape index (κ1) is 75.2. The summed E-state index contributed by atoms with van der Waals surface area (Å²) in [4.78, 5) is 56.4. The number of carbonyl (C=O) groups excluding carboxylic acids is 4. The van der Waals surface area contributed by atoms with Crippen molar-refractivity contribution in [1.82, 2.24) is 0 Å². The Hall–Kier alpha value is -6.08. The number of benzene rings is 4. The Morgan fingerprint density at radius 3 is 0.517 bits per heavy atom. The van der Waals surface area contributed by atoms with Crippen molar-refractivity contribution in [1.29, 1.82) is 0 Å². The first-order chi connectivity index (χ1) is 39.4. The molecule has 0 aliphatic carbocycles. The lowest BCUT2D eigenvalue weighted by atomic mass is 9.78. The highest BCUT2D eigenvalue weighted by Crippen LogP contribution is 2.44. The number of phenols is 4. The summed E-state index contributed by atoms with van der Waals surface area (Å²) in [6.07, 6.45) is 0.854. The maximum absolute atomic E-state index is 14.1. The largest absolute Gasteiger partial charge is 0.507 e. The van der Waals surface area contributed by atoms with Crippen molar-refractivity contribution in [3.63, 3.8) is 0 Å². The first-order valence-electron chi connectivity index (χ1n) is 31.0. The summed E-state index contributed by atoms with van der Waals surface area (Å²) >= 11 is 0. The zero-order chi connectivity index (χ0) is 67.0. The van der Waals surface area contributed by atoms with Crippen LogP contribution < -0.4 is 0 Å². The quantitative estimate of drug-likeness (QED) is 0.0413. The maximum Gasteiger partial charge on any atom is 0.306 e. The van der Waals surface area contributed by atoms with E-state index >= 15 is 0 Å². The van der Waals surface area contributed by atoms with Crippen molar-refractivity contribution >= 4 is 23.9 Å². The van der Waals surface area contributed by atoms with Gasteiger partial charge in [-0.25, -0.2) is 0 Å². The van der Waals surface area contributed by atoms with Crippen molar-refractivity contribution in [2.45, 2.75) is 261 Å². The minimum absolute atomic E-state index is 0.0629. The highest BCUT2D eigenvalue weighted by molar-refractivity contribution is 5.72. The van der Waals surface area contributed by atoms with Gasteiger partial charge in [-0.05, 0) is 136 Å². The second kappa shape index (κ2) is 28.6. The lowest BCUT2D eigenvalue weighted by molar-refractivity contribution is -0.170. The number of aromatic hydroxyl groups is 4. The Labute approximate surface area is 523 Å². The second-order valence-corrected chi connectivity index (χ2v) is 32.3. The molecule has 5 N–H and O–H groups in total. The van der Waals surface area contributed by atoms with Crippen molar-refractivity contribution in [2.24, 2.45) is 5.41 Å². The van der Waals surface area contributed by atoms with Gasteiger partial charge in [-0.3, -0.25) is 19.2 Å². The predicted molar refractivity (Wildman–Crippen MR) is 350 cm³/mol. The number of rotatable bonds is 20. The molecule has 486 valence electrons. The van der Waals surface area contributed by atoms with E-state index in [-0.39, 0.29) is 74.4 Å². The molecule has 0 aliphatic heterocycles. The van der Waals surface area contributed by atoms with E-state index in [0.717, 1.165) is 73.9 Å². The Bertz CT molecular complexity index is 2480. The van der Waals surface area contributed by atoms with Crippen LogP contribution in [0.1, 0.15) is 259 Å². The SMILES string of the molecule is CC(C)(C)c1cc(CCC(=O)OCC(COC(=O)CCc2cc(C(C)(C)C)c(O)c(C(C)(C)C)c2)(COC(=O)CCc2cc(C(C)(C)C)c(O)c(C(C)(C)C)c2)COC(=O)CCc2cc(C(C)(C)C)c(O)c(C(C)(C)C)c2)cc(C(C)(C)C)c1O.CO. The molecule has 87 heavy (non-hydrogen) atoms. The van der Waals surface area contributed by atoms with Gasteiger partial charge in [0.1, 0.15) is 54.8 Å². The molecule has 4 aromatic rings. The fraction of sp³-hybridized carbons (Fsp3) is 0.622. The number of hydrogen-bond donors (Lipinski definition) is 5. The van der Waals surface area contributed by atoms with Gasteiger partial charge in [0, 0.05) is 32.8 Å². The molecule has 0 aromatic heterocycles. The van der Waals surface area contributed by atoms with E-state index in [9.17, 15) is 39.6 Å². The van der Waals surface area contributed by atoms with Gasteiger partial charge in [0.25, 0.3) is 0 Å². The van der Waals surface area contributed by atoms with E-state index in [1.165, 1.54) is 0 Å². The molecule has 0 fully saturated rings.